The van der Waals surface area contributed by atoms with E-state index in [0.29, 0.717) is 6.61 Å². The maximum absolute atomic E-state index is 11.6. The Kier molecular flexibility index (Phi) is 2.86. The third kappa shape index (κ3) is 1.90. The Bertz CT molecular complexity index is 426. The topological polar surface area (TPSA) is 38.3 Å². The molecule has 1 aliphatic rings. The highest BCUT2D eigenvalue weighted by atomic mass is 16.5. The van der Waals surface area contributed by atoms with Crippen LogP contribution in [0.2, 0.25) is 0 Å². The highest BCUT2D eigenvalue weighted by molar-refractivity contribution is 5.83. The Morgan fingerprint density at radius 1 is 1.50 bits per heavy atom. The molecule has 0 aliphatic carbocycles. The summed E-state index contributed by atoms with van der Waals surface area (Å²) in [6.07, 6.45) is 0.736. The van der Waals surface area contributed by atoms with Crippen LogP contribution in [0.1, 0.15) is 23.6 Å². The van der Waals surface area contributed by atoms with E-state index in [4.69, 9.17) is 4.74 Å². The summed E-state index contributed by atoms with van der Waals surface area (Å²) in [7, 11) is 0. The van der Waals surface area contributed by atoms with Crippen molar-refractivity contribution in [2.75, 3.05) is 11.9 Å². The molecule has 0 bridgehead atoms. The summed E-state index contributed by atoms with van der Waals surface area (Å²) in [5.74, 6) is -0.157. The van der Waals surface area contributed by atoms with Crippen LogP contribution in [-0.2, 0) is 16.0 Å². The number of rotatable bonds is 2. The van der Waals surface area contributed by atoms with E-state index in [9.17, 15) is 4.79 Å². The molecule has 3 heteroatoms. The molecule has 0 radical (unpaired) electrons. The largest absolute Gasteiger partial charge is 0.464 e. The van der Waals surface area contributed by atoms with E-state index in [1.807, 2.05) is 6.92 Å². The standard InChI is InChI=1S/C13H17NO2/c1-4-16-13(15)12-7-10-9(3)5-8(2)6-11(10)14-12/h5-6,12,14H,4,7H2,1-3H3. The monoisotopic (exact) mass is 219 g/mol. The number of esters is 1. The van der Waals surface area contributed by atoms with Crippen LogP contribution in [0, 0.1) is 13.8 Å². The van der Waals surface area contributed by atoms with Crippen LogP contribution in [0.25, 0.3) is 0 Å². The van der Waals surface area contributed by atoms with Gasteiger partial charge in [0.15, 0.2) is 0 Å². The van der Waals surface area contributed by atoms with Crippen molar-refractivity contribution >= 4 is 11.7 Å². The quantitative estimate of drug-likeness (QED) is 0.775. The van der Waals surface area contributed by atoms with Crippen LogP contribution >= 0.6 is 0 Å². The number of hydrogen-bond donors (Lipinski definition) is 1. The van der Waals surface area contributed by atoms with Crippen LogP contribution in [0.5, 0.6) is 0 Å². The molecular formula is C13H17NO2. The van der Waals surface area contributed by atoms with Gasteiger partial charge in [-0.3, -0.25) is 0 Å². The highest BCUT2D eigenvalue weighted by Gasteiger charge is 2.28. The Morgan fingerprint density at radius 2 is 2.25 bits per heavy atom. The molecule has 0 saturated heterocycles. The smallest absolute Gasteiger partial charge is 0.328 e. The Hall–Kier alpha value is -1.51. The van der Waals surface area contributed by atoms with Crippen molar-refractivity contribution in [3.63, 3.8) is 0 Å². The first kappa shape index (κ1) is 11.0. The summed E-state index contributed by atoms with van der Waals surface area (Å²) >= 11 is 0. The summed E-state index contributed by atoms with van der Waals surface area (Å²) in [6, 6.07) is 4.02. The molecule has 1 N–H and O–H groups in total. The van der Waals surface area contributed by atoms with E-state index < -0.39 is 0 Å². The van der Waals surface area contributed by atoms with Crippen LogP contribution in [-0.4, -0.2) is 18.6 Å². The van der Waals surface area contributed by atoms with E-state index in [0.717, 1.165) is 12.1 Å². The molecule has 2 rings (SSSR count). The Labute approximate surface area is 95.8 Å². The number of hydrogen-bond acceptors (Lipinski definition) is 3. The van der Waals surface area contributed by atoms with Gasteiger partial charge in [-0.05, 0) is 43.5 Å². The molecule has 1 atom stereocenters. The molecule has 0 aromatic heterocycles. The third-order valence-corrected chi connectivity index (χ3v) is 2.93. The lowest BCUT2D eigenvalue weighted by Crippen LogP contribution is -2.29. The molecular weight excluding hydrogens is 202 g/mol. The maximum Gasteiger partial charge on any atom is 0.328 e. The number of aryl methyl sites for hydroxylation is 2. The fraction of sp³-hybridized carbons (Fsp3) is 0.462. The van der Waals surface area contributed by atoms with E-state index >= 15 is 0 Å². The second-order valence-electron chi connectivity index (χ2n) is 4.26. The summed E-state index contributed by atoms with van der Waals surface area (Å²) in [6.45, 7) is 6.41. The second-order valence-corrected chi connectivity index (χ2v) is 4.26. The fourth-order valence-electron chi connectivity index (χ4n) is 2.23. The first-order chi connectivity index (χ1) is 7.61. The Morgan fingerprint density at radius 3 is 2.94 bits per heavy atom. The molecule has 1 unspecified atom stereocenters. The number of carbonyl (C=O) groups excluding carboxylic acids is 1. The van der Waals surface area contributed by atoms with Gasteiger partial charge < -0.3 is 10.1 Å². The number of fused-ring (bicyclic) bond motifs is 1. The SMILES string of the molecule is CCOC(=O)C1Cc2c(C)cc(C)cc2N1. The second kappa shape index (κ2) is 4.16. The molecule has 1 aromatic carbocycles. The van der Waals surface area contributed by atoms with Gasteiger partial charge in [0.2, 0.25) is 0 Å². The first-order valence-corrected chi connectivity index (χ1v) is 5.65. The minimum atomic E-state index is -0.213. The number of ether oxygens (including phenoxy) is 1. The van der Waals surface area contributed by atoms with Crippen LogP contribution in [0.4, 0.5) is 5.69 Å². The number of nitrogens with one attached hydrogen (secondary N) is 1. The predicted octanol–water partition coefficient (Wildman–Crippen LogP) is 2.20. The first-order valence-electron chi connectivity index (χ1n) is 5.65. The zero-order chi connectivity index (χ0) is 11.7. The number of anilines is 1. The van der Waals surface area contributed by atoms with Gasteiger partial charge in [0.25, 0.3) is 0 Å². The van der Waals surface area contributed by atoms with Gasteiger partial charge in [0, 0.05) is 12.1 Å². The zero-order valence-corrected chi connectivity index (χ0v) is 9.96. The van der Waals surface area contributed by atoms with Gasteiger partial charge >= 0.3 is 5.97 Å². The van der Waals surface area contributed by atoms with Crippen LogP contribution in [0.3, 0.4) is 0 Å². The van der Waals surface area contributed by atoms with E-state index in [1.165, 1.54) is 16.7 Å². The van der Waals surface area contributed by atoms with Gasteiger partial charge in [-0.2, -0.15) is 0 Å². The minimum absolute atomic E-state index is 0.157. The summed E-state index contributed by atoms with van der Waals surface area (Å²) < 4.78 is 5.03. The molecule has 86 valence electrons. The van der Waals surface area contributed by atoms with Crippen molar-refractivity contribution in [2.45, 2.75) is 33.2 Å². The van der Waals surface area contributed by atoms with Crippen molar-refractivity contribution in [3.8, 4) is 0 Å². The predicted molar refractivity (Wildman–Crippen MR) is 63.7 cm³/mol. The van der Waals surface area contributed by atoms with Gasteiger partial charge in [-0.25, -0.2) is 4.79 Å². The van der Waals surface area contributed by atoms with E-state index in [-0.39, 0.29) is 12.0 Å². The molecule has 1 heterocycles. The molecule has 0 fully saturated rings. The van der Waals surface area contributed by atoms with E-state index in [1.54, 1.807) is 0 Å². The van der Waals surface area contributed by atoms with Crippen molar-refractivity contribution in [2.24, 2.45) is 0 Å². The number of benzene rings is 1. The van der Waals surface area contributed by atoms with Crippen LogP contribution < -0.4 is 5.32 Å². The molecule has 0 spiro atoms. The highest BCUT2D eigenvalue weighted by Crippen LogP contribution is 2.30. The molecule has 0 saturated carbocycles. The zero-order valence-electron chi connectivity index (χ0n) is 9.96. The fourth-order valence-corrected chi connectivity index (χ4v) is 2.23. The molecule has 1 aromatic rings. The lowest BCUT2D eigenvalue weighted by atomic mass is 10.0. The molecule has 16 heavy (non-hydrogen) atoms. The normalized spacial score (nSPS) is 17.8. The number of carbonyl (C=O) groups is 1. The average Bonchev–Trinajstić information content (AvgIpc) is 2.62. The lowest BCUT2D eigenvalue weighted by Gasteiger charge is -2.09. The molecule has 0 amide bonds. The summed E-state index contributed by atoms with van der Waals surface area (Å²) in [5.41, 5.74) is 4.78. The third-order valence-electron chi connectivity index (χ3n) is 2.93. The van der Waals surface area contributed by atoms with Crippen molar-refractivity contribution in [1.82, 2.24) is 0 Å². The van der Waals surface area contributed by atoms with Crippen molar-refractivity contribution in [1.29, 1.82) is 0 Å². The Balaban J connectivity index is 2.21. The van der Waals surface area contributed by atoms with Gasteiger partial charge in [-0.15, -0.1) is 0 Å². The maximum atomic E-state index is 11.6. The minimum Gasteiger partial charge on any atom is -0.464 e. The molecule has 3 nitrogen and oxygen atoms in total. The van der Waals surface area contributed by atoms with E-state index in [2.05, 4.69) is 31.3 Å². The van der Waals surface area contributed by atoms with Crippen molar-refractivity contribution < 1.29 is 9.53 Å². The van der Waals surface area contributed by atoms with Crippen molar-refractivity contribution in [3.05, 3.63) is 28.8 Å². The van der Waals surface area contributed by atoms with Crippen LogP contribution in [0.15, 0.2) is 12.1 Å². The van der Waals surface area contributed by atoms with Gasteiger partial charge in [0.05, 0.1) is 6.61 Å². The van der Waals surface area contributed by atoms with Gasteiger partial charge in [-0.1, -0.05) is 6.07 Å². The summed E-state index contributed by atoms with van der Waals surface area (Å²) in [5, 5.41) is 3.23. The summed E-state index contributed by atoms with van der Waals surface area (Å²) in [4.78, 5) is 11.6. The average molecular weight is 219 g/mol. The molecule has 1 aliphatic heterocycles. The lowest BCUT2D eigenvalue weighted by molar-refractivity contribution is -0.143. The van der Waals surface area contributed by atoms with Gasteiger partial charge in [0.1, 0.15) is 6.04 Å².